The van der Waals surface area contributed by atoms with Crippen LogP contribution in [0.4, 0.5) is 5.95 Å². The predicted octanol–water partition coefficient (Wildman–Crippen LogP) is 1.95. The van der Waals surface area contributed by atoms with Crippen LogP contribution in [0.3, 0.4) is 0 Å². The summed E-state index contributed by atoms with van der Waals surface area (Å²) in [4.78, 5) is 14.9. The highest BCUT2D eigenvalue weighted by Crippen LogP contribution is 2.21. The molecule has 2 aromatic rings. The maximum absolute atomic E-state index is 5.98. The number of rotatable bonds is 2. The van der Waals surface area contributed by atoms with Crippen molar-refractivity contribution in [3.63, 3.8) is 0 Å². The van der Waals surface area contributed by atoms with Crippen molar-refractivity contribution in [1.82, 2.24) is 24.7 Å². The largest absolute Gasteiger partial charge is 0.341 e. The highest BCUT2D eigenvalue weighted by atomic mass is 35.5. The summed E-state index contributed by atoms with van der Waals surface area (Å²) in [5.74, 6) is 1.86. The van der Waals surface area contributed by atoms with E-state index in [-0.39, 0.29) is 5.28 Å². The zero-order valence-corrected chi connectivity index (χ0v) is 11.5. The molecule has 0 atom stereocenters. The van der Waals surface area contributed by atoms with Crippen LogP contribution in [0.1, 0.15) is 19.8 Å². The minimum atomic E-state index is 0.203. The topological polar surface area (TPSA) is 59.7 Å². The summed E-state index contributed by atoms with van der Waals surface area (Å²) in [6, 6.07) is 1.82. The Hall–Kier alpha value is -1.69. The molecule has 1 saturated heterocycles. The van der Waals surface area contributed by atoms with Crippen molar-refractivity contribution in [2.24, 2.45) is 5.92 Å². The maximum Gasteiger partial charge on any atom is 0.256 e. The first-order valence-electron chi connectivity index (χ1n) is 6.39. The van der Waals surface area contributed by atoms with Gasteiger partial charge in [-0.1, -0.05) is 6.92 Å². The number of piperidine rings is 1. The Balaban J connectivity index is 1.90. The molecule has 19 heavy (non-hydrogen) atoms. The molecule has 0 radical (unpaired) electrons. The monoisotopic (exact) mass is 278 g/mol. The Kier molecular flexibility index (Phi) is 3.33. The molecule has 0 amide bonds. The van der Waals surface area contributed by atoms with Crippen LogP contribution in [0.15, 0.2) is 18.5 Å². The van der Waals surface area contributed by atoms with E-state index in [1.807, 2.05) is 6.07 Å². The second-order valence-corrected chi connectivity index (χ2v) is 5.16. The summed E-state index contributed by atoms with van der Waals surface area (Å²) < 4.78 is 1.59. The van der Waals surface area contributed by atoms with Gasteiger partial charge in [0.1, 0.15) is 0 Å². The average Bonchev–Trinajstić information content (AvgIpc) is 2.93. The Morgan fingerprint density at radius 3 is 2.58 bits per heavy atom. The zero-order valence-electron chi connectivity index (χ0n) is 10.7. The highest BCUT2D eigenvalue weighted by molar-refractivity contribution is 6.28. The molecule has 3 rings (SSSR count). The molecule has 7 heteroatoms. The summed E-state index contributed by atoms with van der Waals surface area (Å²) in [6.07, 6.45) is 5.77. The van der Waals surface area contributed by atoms with Gasteiger partial charge in [-0.2, -0.15) is 20.1 Å². The van der Waals surface area contributed by atoms with Gasteiger partial charge in [0.15, 0.2) is 0 Å². The van der Waals surface area contributed by atoms with Gasteiger partial charge < -0.3 is 4.90 Å². The Morgan fingerprint density at radius 1 is 1.16 bits per heavy atom. The van der Waals surface area contributed by atoms with Gasteiger partial charge in [-0.25, -0.2) is 4.68 Å². The molecule has 1 fully saturated rings. The van der Waals surface area contributed by atoms with Crippen LogP contribution >= 0.6 is 11.6 Å². The summed E-state index contributed by atoms with van der Waals surface area (Å²) in [6.45, 7) is 4.19. The Morgan fingerprint density at radius 2 is 1.89 bits per heavy atom. The van der Waals surface area contributed by atoms with Crippen molar-refractivity contribution in [3.05, 3.63) is 23.7 Å². The number of aromatic nitrogens is 5. The lowest BCUT2D eigenvalue weighted by Crippen LogP contribution is -2.34. The first-order chi connectivity index (χ1) is 9.22. The van der Waals surface area contributed by atoms with Crippen LogP contribution in [0.5, 0.6) is 0 Å². The zero-order chi connectivity index (χ0) is 13.2. The Bertz CT molecular complexity index is 547. The van der Waals surface area contributed by atoms with Crippen LogP contribution in [-0.4, -0.2) is 37.8 Å². The van der Waals surface area contributed by atoms with E-state index in [1.165, 1.54) is 0 Å². The van der Waals surface area contributed by atoms with Crippen LogP contribution in [0.2, 0.25) is 5.28 Å². The second-order valence-electron chi connectivity index (χ2n) is 4.82. The van der Waals surface area contributed by atoms with Crippen molar-refractivity contribution in [2.75, 3.05) is 18.0 Å². The van der Waals surface area contributed by atoms with Crippen LogP contribution < -0.4 is 4.90 Å². The minimum absolute atomic E-state index is 0.203. The lowest BCUT2D eigenvalue weighted by atomic mass is 10.00. The molecule has 0 aromatic carbocycles. The molecule has 0 aliphatic carbocycles. The molecule has 6 nitrogen and oxygen atoms in total. The Labute approximate surface area is 116 Å². The summed E-state index contributed by atoms with van der Waals surface area (Å²) in [5, 5.41) is 4.32. The fourth-order valence-corrected chi connectivity index (χ4v) is 2.32. The van der Waals surface area contributed by atoms with Crippen molar-refractivity contribution in [2.45, 2.75) is 19.8 Å². The highest BCUT2D eigenvalue weighted by Gasteiger charge is 2.19. The normalized spacial score (nSPS) is 16.8. The van der Waals surface area contributed by atoms with Gasteiger partial charge >= 0.3 is 0 Å². The minimum Gasteiger partial charge on any atom is -0.341 e. The molecule has 1 aliphatic heterocycles. The summed E-state index contributed by atoms with van der Waals surface area (Å²) in [5.41, 5.74) is 0. The standard InChI is InChI=1S/C12H15ClN6/c1-9-3-7-18(8-4-9)11-15-10(13)16-12(17-11)19-6-2-5-14-19/h2,5-6,9H,3-4,7-8H2,1H3. The maximum atomic E-state index is 5.98. The lowest BCUT2D eigenvalue weighted by Gasteiger charge is -2.30. The third kappa shape index (κ3) is 2.68. The smallest absolute Gasteiger partial charge is 0.256 e. The predicted molar refractivity (Wildman–Crippen MR) is 72.6 cm³/mol. The molecule has 3 heterocycles. The molecular weight excluding hydrogens is 264 g/mol. The van der Waals surface area contributed by atoms with Crippen molar-refractivity contribution >= 4 is 17.5 Å². The van der Waals surface area contributed by atoms with E-state index in [0.29, 0.717) is 11.9 Å². The molecule has 0 N–H and O–H groups in total. The SMILES string of the molecule is CC1CCN(c2nc(Cl)nc(-n3cccn3)n2)CC1. The van der Waals surface area contributed by atoms with Crippen molar-refractivity contribution in [3.8, 4) is 5.95 Å². The number of hydrogen-bond acceptors (Lipinski definition) is 5. The average molecular weight is 279 g/mol. The van der Waals surface area contributed by atoms with E-state index >= 15 is 0 Å². The fraction of sp³-hybridized carbons (Fsp3) is 0.500. The molecule has 0 bridgehead atoms. The third-order valence-electron chi connectivity index (χ3n) is 3.36. The van der Waals surface area contributed by atoms with E-state index in [2.05, 4.69) is 31.9 Å². The van der Waals surface area contributed by atoms with Crippen molar-refractivity contribution in [1.29, 1.82) is 0 Å². The molecule has 2 aromatic heterocycles. The van der Waals surface area contributed by atoms with Gasteiger partial charge in [-0.15, -0.1) is 0 Å². The van der Waals surface area contributed by atoms with Gasteiger partial charge in [0.2, 0.25) is 11.2 Å². The van der Waals surface area contributed by atoms with Gasteiger partial charge in [0, 0.05) is 25.5 Å². The number of anilines is 1. The molecule has 0 unspecified atom stereocenters. The van der Waals surface area contributed by atoms with Gasteiger partial charge in [-0.3, -0.25) is 0 Å². The van der Waals surface area contributed by atoms with Gasteiger partial charge in [0.25, 0.3) is 5.95 Å². The lowest BCUT2D eigenvalue weighted by molar-refractivity contribution is 0.434. The summed E-state index contributed by atoms with van der Waals surface area (Å²) >= 11 is 5.98. The first kappa shape index (κ1) is 12.3. The molecule has 1 aliphatic rings. The van der Waals surface area contributed by atoms with Gasteiger partial charge in [-0.05, 0) is 36.4 Å². The van der Waals surface area contributed by atoms with Crippen LogP contribution in [-0.2, 0) is 0 Å². The summed E-state index contributed by atoms with van der Waals surface area (Å²) in [7, 11) is 0. The second kappa shape index (κ2) is 5.13. The molecule has 0 saturated carbocycles. The third-order valence-corrected chi connectivity index (χ3v) is 3.53. The van der Waals surface area contributed by atoms with E-state index in [0.717, 1.165) is 31.8 Å². The number of hydrogen-bond donors (Lipinski definition) is 0. The molecule has 0 spiro atoms. The first-order valence-corrected chi connectivity index (χ1v) is 6.77. The van der Waals surface area contributed by atoms with Crippen LogP contribution in [0.25, 0.3) is 5.95 Å². The fourth-order valence-electron chi connectivity index (χ4n) is 2.17. The van der Waals surface area contributed by atoms with E-state index in [9.17, 15) is 0 Å². The van der Waals surface area contributed by atoms with Crippen LogP contribution in [0, 0.1) is 5.92 Å². The van der Waals surface area contributed by atoms with E-state index in [1.54, 1.807) is 17.1 Å². The number of nitrogens with zero attached hydrogens (tertiary/aromatic N) is 6. The van der Waals surface area contributed by atoms with E-state index in [4.69, 9.17) is 11.6 Å². The number of halogens is 1. The van der Waals surface area contributed by atoms with E-state index < -0.39 is 0 Å². The van der Waals surface area contributed by atoms with Gasteiger partial charge in [0.05, 0.1) is 0 Å². The van der Waals surface area contributed by atoms with Crippen molar-refractivity contribution < 1.29 is 0 Å². The molecule has 100 valence electrons. The quantitative estimate of drug-likeness (QED) is 0.840. The molecular formula is C12H15ClN6.